The molecule has 3 atom stereocenters. The summed E-state index contributed by atoms with van der Waals surface area (Å²) in [7, 11) is 0. The second-order valence-corrected chi connectivity index (χ2v) is 14.0. The van der Waals surface area contributed by atoms with Crippen LogP contribution in [0.1, 0.15) is 42.9 Å². The van der Waals surface area contributed by atoms with Gasteiger partial charge in [-0.25, -0.2) is 15.0 Å². The highest BCUT2D eigenvalue weighted by Crippen LogP contribution is 2.47. The molecule has 5 aromatic rings. The lowest BCUT2D eigenvalue weighted by molar-refractivity contribution is -0.665. The molecule has 0 spiro atoms. The maximum absolute atomic E-state index is 13.3. The van der Waals surface area contributed by atoms with Crippen molar-refractivity contribution >= 4 is 67.8 Å². The number of nitrogen functional groups attached to an aromatic ring is 1. The van der Waals surface area contributed by atoms with Gasteiger partial charge in [-0.05, 0) is 50.1 Å². The van der Waals surface area contributed by atoms with E-state index in [-0.39, 0.29) is 41.5 Å². The van der Waals surface area contributed by atoms with E-state index in [2.05, 4.69) is 36.3 Å². The number of thioether (sulfide) groups is 1. The first kappa shape index (κ1) is 32.2. The Kier molecular flexibility index (Phi) is 8.17. The number of allylic oxidation sites excluding steroid dienone is 3. The highest BCUT2D eigenvalue weighted by atomic mass is 32.2. The van der Waals surface area contributed by atoms with E-state index in [1.165, 1.54) is 17.7 Å². The zero-order valence-electron chi connectivity index (χ0n) is 27.0. The molecule has 8 rings (SSSR count). The summed E-state index contributed by atoms with van der Waals surface area (Å²) in [5.74, 6) is 6.32. The summed E-state index contributed by atoms with van der Waals surface area (Å²) < 4.78 is 10.6. The predicted octanol–water partition coefficient (Wildman–Crippen LogP) is 3.03. The number of hydrogen-bond acceptors (Lipinski definition) is 12. The number of aliphatic hydroxyl groups is 2. The predicted molar refractivity (Wildman–Crippen MR) is 188 cm³/mol. The van der Waals surface area contributed by atoms with Crippen molar-refractivity contribution in [3.8, 4) is 11.8 Å². The molecular weight excluding hydrogens is 675 g/mol. The monoisotopic (exact) mass is 705 g/mol. The number of benzene rings is 2. The van der Waals surface area contributed by atoms with Crippen molar-refractivity contribution in [3.63, 3.8) is 0 Å². The molecule has 2 aromatic carbocycles. The van der Waals surface area contributed by atoms with Crippen LogP contribution in [0.3, 0.4) is 0 Å². The molecule has 3 aromatic heterocycles. The molecule has 3 aliphatic rings. The number of aromatic nitrogens is 5. The van der Waals surface area contributed by atoms with Crippen LogP contribution in [0.25, 0.3) is 27.5 Å². The number of thiazole rings is 1. The first-order chi connectivity index (χ1) is 24.3. The van der Waals surface area contributed by atoms with Crippen molar-refractivity contribution < 1.29 is 29.4 Å². The third kappa shape index (κ3) is 5.26. The SMILES string of the molecule is CCN1/C(=C/C2=C([O-])C(=C/c3sc4cc(C#Cc5nc6c(N)ncnc6n5[C@H]5C[C@H](O)[C@@H](CO)O5)ccc4[n+]3CC)/C2=O)Sc2ccccc21. The number of nitrogens with zero attached hydrogens (tertiary/aromatic N) is 6. The topological polar surface area (TPSA) is 167 Å². The van der Waals surface area contributed by atoms with Gasteiger partial charge in [-0.2, -0.15) is 4.57 Å². The molecule has 0 saturated carbocycles. The summed E-state index contributed by atoms with van der Waals surface area (Å²) in [5.41, 5.74) is 10.0. The number of ether oxygens (including phenoxy) is 1. The number of nitrogens with two attached hydrogens (primary N) is 1. The Bertz CT molecular complexity index is 2380. The van der Waals surface area contributed by atoms with Crippen LogP contribution >= 0.6 is 23.1 Å². The minimum Gasteiger partial charge on any atom is -0.871 e. The third-order valence-electron chi connectivity index (χ3n) is 9.01. The standard InChI is InChI=1S/C36H31N7O5S2/c1-3-41-22-7-5-6-8-26(22)49-30(41)14-20-33(46)21(34(20)47)15-31-42(4-2)23-11-9-19(13-27(23)50-31)10-12-28-40-32-35(37)38-18-39-36(32)43(28)29-16-24(45)25(17-44)48-29/h5-9,11,13-15,18,24-25,29,44-45H,3-4,16-17H2,1-2H3,(H2-,37,38,39,46,47)/t24-,25+,29+/m0/s1. The molecule has 1 saturated heterocycles. The number of aryl methyl sites for hydroxylation is 1. The van der Waals surface area contributed by atoms with E-state index in [0.29, 0.717) is 29.1 Å². The summed E-state index contributed by atoms with van der Waals surface area (Å²) in [6, 6.07) is 13.9. The highest BCUT2D eigenvalue weighted by molar-refractivity contribution is 8.03. The molecule has 14 heteroatoms. The molecule has 12 nitrogen and oxygen atoms in total. The molecule has 0 amide bonds. The summed E-state index contributed by atoms with van der Waals surface area (Å²) >= 11 is 3.04. The quantitative estimate of drug-likeness (QED) is 0.135. The Balaban J connectivity index is 1.11. The van der Waals surface area contributed by atoms with Crippen molar-refractivity contribution in [3.05, 3.63) is 93.2 Å². The zero-order valence-corrected chi connectivity index (χ0v) is 28.7. The largest absolute Gasteiger partial charge is 0.871 e. The van der Waals surface area contributed by atoms with Crippen LogP contribution in [0.2, 0.25) is 0 Å². The van der Waals surface area contributed by atoms with Crippen molar-refractivity contribution in [1.82, 2.24) is 19.5 Å². The van der Waals surface area contributed by atoms with Gasteiger partial charge in [-0.1, -0.05) is 46.9 Å². The number of Topliss-reactive ketones (excluding diaryl/α,β-unsaturated/α-hetero) is 1. The average Bonchev–Trinajstić information content (AvgIpc) is 3.88. The summed E-state index contributed by atoms with van der Waals surface area (Å²) in [4.78, 5) is 29.5. The van der Waals surface area contributed by atoms with E-state index in [0.717, 1.165) is 37.4 Å². The van der Waals surface area contributed by atoms with Crippen molar-refractivity contribution in [1.29, 1.82) is 0 Å². The van der Waals surface area contributed by atoms with Gasteiger partial charge in [0.15, 0.2) is 28.6 Å². The molecule has 1 aliphatic carbocycles. The normalized spacial score (nSPS) is 21.8. The Morgan fingerprint density at radius 2 is 2.02 bits per heavy atom. The zero-order chi connectivity index (χ0) is 34.7. The lowest BCUT2D eigenvalue weighted by Crippen LogP contribution is -2.35. The molecule has 0 radical (unpaired) electrons. The van der Waals surface area contributed by atoms with Crippen molar-refractivity contribution in [2.45, 2.75) is 50.1 Å². The molecule has 1 fully saturated rings. The third-order valence-corrected chi connectivity index (χ3v) is 11.2. The number of anilines is 2. The minimum atomic E-state index is -0.860. The van der Waals surface area contributed by atoms with E-state index in [4.69, 9.17) is 10.5 Å². The van der Waals surface area contributed by atoms with Crippen molar-refractivity contribution in [2.24, 2.45) is 0 Å². The lowest BCUT2D eigenvalue weighted by atomic mass is 9.88. The van der Waals surface area contributed by atoms with E-state index < -0.39 is 18.4 Å². The van der Waals surface area contributed by atoms with Gasteiger partial charge < -0.3 is 30.7 Å². The van der Waals surface area contributed by atoms with Crippen LogP contribution < -0.4 is 20.3 Å². The molecule has 4 N–H and O–H groups in total. The molecule has 0 bridgehead atoms. The number of aliphatic hydroxyl groups excluding tert-OH is 2. The number of para-hydroxylation sites is 1. The number of imidazole rings is 1. The summed E-state index contributed by atoms with van der Waals surface area (Å²) in [6.07, 6.45) is 2.71. The van der Waals surface area contributed by atoms with Crippen LogP contribution in [-0.4, -0.2) is 60.9 Å². The van der Waals surface area contributed by atoms with Crippen LogP contribution in [0.15, 0.2) is 81.7 Å². The van der Waals surface area contributed by atoms with Crippen LogP contribution in [-0.2, 0) is 16.1 Å². The van der Waals surface area contributed by atoms with Gasteiger partial charge in [0.25, 0.3) is 5.01 Å². The molecule has 5 heterocycles. The first-order valence-corrected chi connectivity index (χ1v) is 17.8. The lowest BCUT2D eigenvalue weighted by Gasteiger charge is -2.29. The maximum atomic E-state index is 13.3. The second-order valence-electron chi connectivity index (χ2n) is 11.9. The van der Waals surface area contributed by atoms with E-state index in [1.54, 1.807) is 28.5 Å². The Morgan fingerprint density at radius 1 is 1.18 bits per heavy atom. The van der Waals surface area contributed by atoms with Gasteiger partial charge >= 0.3 is 0 Å². The van der Waals surface area contributed by atoms with Gasteiger partial charge in [-0.3, -0.25) is 9.36 Å². The van der Waals surface area contributed by atoms with Crippen LogP contribution in [0, 0.1) is 11.8 Å². The number of hydrogen-bond donors (Lipinski definition) is 3. The highest BCUT2D eigenvalue weighted by Gasteiger charge is 2.37. The van der Waals surface area contributed by atoms with Crippen LogP contribution in [0.4, 0.5) is 11.5 Å². The average molecular weight is 706 g/mol. The smallest absolute Gasteiger partial charge is 0.263 e. The number of ketones is 1. The van der Waals surface area contributed by atoms with E-state index in [1.807, 2.05) is 56.3 Å². The summed E-state index contributed by atoms with van der Waals surface area (Å²) in [5, 5.41) is 35.0. The second kappa shape index (κ2) is 12.7. The number of fused-ring (bicyclic) bond motifs is 3. The van der Waals surface area contributed by atoms with Gasteiger partial charge in [0.05, 0.1) is 23.4 Å². The van der Waals surface area contributed by atoms with Crippen molar-refractivity contribution in [2.75, 3.05) is 23.8 Å². The van der Waals surface area contributed by atoms with Crippen LogP contribution in [0.5, 0.6) is 0 Å². The Labute approximate surface area is 294 Å². The fourth-order valence-electron chi connectivity index (χ4n) is 6.50. The molecule has 252 valence electrons. The first-order valence-electron chi connectivity index (χ1n) is 16.1. The molecular formula is C36H31N7O5S2. The fourth-order valence-corrected chi connectivity index (χ4v) is 8.88. The Morgan fingerprint density at radius 3 is 2.78 bits per heavy atom. The van der Waals surface area contributed by atoms with Gasteiger partial charge in [0, 0.05) is 46.7 Å². The molecule has 0 unspecified atom stereocenters. The van der Waals surface area contributed by atoms with Gasteiger partial charge in [0.1, 0.15) is 29.9 Å². The van der Waals surface area contributed by atoms with Gasteiger partial charge in [-0.15, -0.1) is 0 Å². The van der Waals surface area contributed by atoms with Gasteiger partial charge in [0.2, 0.25) is 5.52 Å². The summed E-state index contributed by atoms with van der Waals surface area (Å²) in [6.45, 7) is 5.11. The molecule has 2 aliphatic heterocycles. The Hall–Kier alpha value is -5.04. The van der Waals surface area contributed by atoms with E-state index in [9.17, 15) is 20.1 Å². The fraction of sp³-hybridized carbons (Fsp3) is 0.250. The maximum Gasteiger partial charge on any atom is 0.263 e. The minimum absolute atomic E-state index is 0.179. The number of rotatable bonds is 6. The van der Waals surface area contributed by atoms with E-state index >= 15 is 0 Å². The molecule has 50 heavy (non-hydrogen) atoms. The number of carbonyl (C=O) groups is 1. The number of carbonyl (C=O) groups excluding carboxylic acids is 1.